The highest BCUT2D eigenvalue weighted by atomic mass is 35.5. The molecule has 0 aliphatic rings. The van der Waals surface area contributed by atoms with E-state index >= 15 is 0 Å². The maximum absolute atomic E-state index is 12.1. The molecule has 0 bridgehead atoms. The Morgan fingerprint density at radius 3 is 2.48 bits per heavy atom. The summed E-state index contributed by atoms with van der Waals surface area (Å²) >= 11 is 11.6. The molecule has 1 aromatic heterocycles. The van der Waals surface area contributed by atoms with E-state index in [0.29, 0.717) is 5.56 Å². The number of pyridine rings is 1. The minimum atomic E-state index is -3.70. The Kier molecular flexibility index (Phi) is 4.73. The molecule has 0 spiro atoms. The van der Waals surface area contributed by atoms with Gasteiger partial charge in [-0.05, 0) is 23.8 Å². The molecule has 0 aliphatic carbocycles. The molecular formula is C13H12Cl2N2O3S. The van der Waals surface area contributed by atoms with Gasteiger partial charge >= 0.3 is 0 Å². The van der Waals surface area contributed by atoms with Crippen LogP contribution in [0.2, 0.25) is 10.0 Å². The molecule has 1 aromatic carbocycles. The van der Waals surface area contributed by atoms with Crippen LogP contribution in [0.3, 0.4) is 0 Å². The molecule has 0 amide bonds. The fraction of sp³-hybridized carbons (Fsp3) is 0.154. The first-order valence-electron chi connectivity index (χ1n) is 5.90. The minimum absolute atomic E-state index is 0.0294. The number of rotatable bonds is 4. The van der Waals surface area contributed by atoms with Gasteiger partial charge in [-0.25, -0.2) is 13.1 Å². The van der Waals surface area contributed by atoms with Crippen molar-refractivity contribution < 1.29 is 8.42 Å². The zero-order chi connectivity index (χ0) is 15.6. The summed E-state index contributed by atoms with van der Waals surface area (Å²) in [4.78, 5) is 11.3. The van der Waals surface area contributed by atoms with E-state index in [2.05, 4.69) is 4.72 Å². The predicted octanol–water partition coefficient (Wildman–Crippen LogP) is 2.17. The number of nitrogens with one attached hydrogen (secondary N) is 1. The quantitative estimate of drug-likeness (QED) is 0.922. The highest BCUT2D eigenvalue weighted by Crippen LogP contribution is 2.24. The van der Waals surface area contributed by atoms with Gasteiger partial charge in [0.15, 0.2) is 0 Å². The third-order valence-electron chi connectivity index (χ3n) is 2.81. The number of benzene rings is 1. The fourth-order valence-electron chi connectivity index (χ4n) is 1.66. The molecule has 0 unspecified atom stereocenters. The van der Waals surface area contributed by atoms with Gasteiger partial charge in [-0.3, -0.25) is 4.79 Å². The molecule has 0 radical (unpaired) electrons. The molecule has 5 nitrogen and oxygen atoms in total. The topological polar surface area (TPSA) is 68.2 Å². The third kappa shape index (κ3) is 3.85. The van der Waals surface area contributed by atoms with Gasteiger partial charge in [-0.1, -0.05) is 29.3 Å². The van der Waals surface area contributed by atoms with E-state index < -0.39 is 10.0 Å². The zero-order valence-electron chi connectivity index (χ0n) is 11.0. The van der Waals surface area contributed by atoms with E-state index in [1.165, 1.54) is 28.8 Å². The Balaban J connectivity index is 2.19. The first kappa shape index (κ1) is 16.0. The van der Waals surface area contributed by atoms with Gasteiger partial charge < -0.3 is 4.57 Å². The lowest BCUT2D eigenvalue weighted by Gasteiger charge is -2.08. The lowest BCUT2D eigenvalue weighted by molar-refractivity contribution is 0.581. The molecule has 0 atom stereocenters. The molecule has 0 saturated carbocycles. The van der Waals surface area contributed by atoms with Crippen LogP contribution < -0.4 is 10.3 Å². The third-order valence-corrected chi connectivity index (χ3v) is 4.95. The van der Waals surface area contributed by atoms with Crippen molar-refractivity contribution in [2.24, 2.45) is 7.05 Å². The van der Waals surface area contributed by atoms with Crippen molar-refractivity contribution in [2.75, 3.05) is 0 Å². The van der Waals surface area contributed by atoms with E-state index in [0.717, 1.165) is 0 Å². The summed E-state index contributed by atoms with van der Waals surface area (Å²) < 4.78 is 28.1. The van der Waals surface area contributed by atoms with Crippen molar-refractivity contribution in [1.29, 1.82) is 0 Å². The molecule has 1 heterocycles. The number of hydrogen-bond acceptors (Lipinski definition) is 3. The van der Waals surface area contributed by atoms with Crippen LogP contribution >= 0.6 is 23.2 Å². The predicted molar refractivity (Wildman–Crippen MR) is 82.2 cm³/mol. The van der Waals surface area contributed by atoms with Crippen molar-refractivity contribution in [3.63, 3.8) is 0 Å². The second-order valence-electron chi connectivity index (χ2n) is 4.39. The molecule has 2 aromatic rings. The smallest absolute Gasteiger partial charge is 0.250 e. The van der Waals surface area contributed by atoms with Crippen molar-refractivity contribution in [1.82, 2.24) is 9.29 Å². The van der Waals surface area contributed by atoms with Gasteiger partial charge in [0.1, 0.15) is 0 Å². The molecule has 0 saturated heterocycles. The van der Waals surface area contributed by atoms with Crippen LogP contribution in [0, 0.1) is 0 Å². The van der Waals surface area contributed by atoms with Gasteiger partial charge in [0, 0.05) is 25.9 Å². The minimum Gasteiger partial charge on any atom is -0.318 e. The van der Waals surface area contributed by atoms with Gasteiger partial charge in [0.05, 0.1) is 14.9 Å². The average Bonchev–Trinajstić information content (AvgIpc) is 2.43. The molecule has 1 N–H and O–H groups in total. The number of nitrogens with zero attached hydrogens (tertiary/aromatic N) is 1. The van der Waals surface area contributed by atoms with Crippen LogP contribution in [-0.2, 0) is 23.6 Å². The molecular weight excluding hydrogens is 335 g/mol. The van der Waals surface area contributed by atoms with Crippen molar-refractivity contribution in [2.45, 2.75) is 11.4 Å². The summed E-state index contributed by atoms with van der Waals surface area (Å²) in [6.45, 7) is 0.0662. The largest absolute Gasteiger partial charge is 0.318 e. The van der Waals surface area contributed by atoms with E-state index in [4.69, 9.17) is 23.2 Å². The van der Waals surface area contributed by atoms with E-state index in [9.17, 15) is 13.2 Å². The Bertz CT molecular complexity index is 832. The zero-order valence-corrected chi connectivity index (χ0v) is 13.3. The van der Waals surface area contributed by atoms with E-state index in [-0.39, 0.29) is 27.0 Å². The highest BCUT2D eigenvalue weighted by molar-refractivity contribution is 7.89. The van der Waals surface area contributed by atoms with Crippen LogP contribution in [0.4, 0.5) is 0 Å². The molecule has 0 aliphatic heterocycles. The summed E-state index contributed by atoms with van der Waals surface area (Å²) in [5.74, 6) is 0. The lowest BCUT2D eigenvalue weighted by Crippen LogP contribution is -2.24. The second kappa shape index (κ2) is 6.19. The lowest BCUT2D eigenvalue weighted by atomic mass is 10.3. The number of aryl methyl sites for hydroxylation is 1. The molecule has 112 valence electrons. The van der Waals surface area contributed by atoms with Crippen LogP contribution in [0.25, 0.3) is 0 Å². The Morgan fingerprint density at radius 2 is 1.86 bits per heavy atom. The van der Waals surface area contributed by atoms with Crippen LogP contribution in [-0.4, -0.2) is 13.0 Å². The maximum atomic E-state index is 12.1. The molecule has 21 heavy (non-hydrogen) atoms. The summed E-state index contributed by atoms with van der Waals surface area (Å²) in [6.07, 6.45) is 1.57. The number of sulfonamides is 1. The SMILES string of the molecule is Cn1cc(CNS(=O)(=O)c2ccc(Cl)c(Cl)c2)ccc1=O. The van der Waals surface area contributed by atoms with Crippen molar-refractivity contribution in [3.8, 4) is 0 Å². The number of halogens is 2. The van der Waals surface area contributed by atoms with Crippen LogP contribution in [0.1, 0.15) is 5.56 Å². The Labute approximate surface area is 132 Å². The second-order valence-corrected chi connectivity index (χ2v) is 6.97. The van der Waals surface area contributed by atoms with Crippen molar-refractivity contribution >= 4 is 33.2 Å². The maximum Gasteiger partial charge on any atom is 0.250 e. The standard InChI is InChI=1S/C13H12Cl2N2O3S/c1-17-8-9(2-5-13(17)18)7-16-21(19,20)10-3-4-11(14)12(15)6-10/h2-6,8,16H,7H2,1H3. The summed E-state index contributed by atoms with van der Waals surface area (Å²) in [5.41, 5.74) is 0.506. The number of hydrogen-bond donors (Lipinski definition) is 1. The first-order valence-corrected chi connectivity index (χ1v) is 8.14. The fourth-order valence-corrected chi connectivity index (χ4v) is 3.07. The highest BCUT2D eigenvalue weighted by Gasteiger charge is 2.15. The Morgan fingerprint density at radius 1 is 1.14 bits per heavy atom. The van der Waals surface area contributed by atoms with Gasteiger partial charge in [-0.2, -0.15) is 0 Å². The van der Waals surface area contributed by atoms with Gasteiger partial charge in [0.25, 0.3) is 0 Å². The van der Waals surface area contributed by atoms with E-state index in [1.54, 1.807) is 19.3 Å². The summed E-state index contributed by atoms with van der Waals surface area (Å²) in [6, 6.07) is 7.03. The first-order chi connectivity index (χ1) is 9.79. The Hall–Kier alpha value is -1.34. The monoisotopic (exact) mass is 346 g/mol. The van der Waals surface area contributed by atoms with E-state index in [1.807, 2.05) is 0 Å². The van der Waals surface area contributed by atoms with Crippen LogP contribution in [0.5, 0.6) is 0 Å². The molecule has 8 heteroatoms. The van der Waals surface area contributed by atoms with Gasteiger partial charge in [0.2, 0.25) is 15.6 Å². The normalized spacial score (nSPS) is 11.6. The van der Waals surface area contributed by atoms with Crippen molar-refractivity contribution in [3.05, 3.63) is 62.5 Å². The number of aromatic nitrogens is 1. The summed E-state index contributed by atoms with van der Waals surface area (Å²) in [7, 11) is -2.10. The van der Waals surface area contributed by atoms with Crippen LogP contribution in [0.15, 0.2) is 46.2 Å². The molecule has 0 fully saturated rings. The average molecular weight is 347 g/mol. The summed E-state index contributed by atoms with van der Waals surface area (Å²) in [5, 5.41) is 0.454. The molecule has 2 rings (SSSR count). The van der Waals surface area contributed by atoms with Gasteiger partial charge in [-0.15, -0.1) is 0 Å².